The van der Waals surface area contributed by atoms with Gasteiger partial charge >= 0.3 is 12.1 Å². The van der Waals surface area contributed by atoms with Crippen LogP contribution in [0.4, 0.5) is 13.2 Å². The van der Waals surface area contributed by atoms with E-state index in [2.05, 4.69) is 10.1 Å². The molecular formula is C22H16F3N3O3. The van der Waals surface area contributed by atoms with Gasteiger partial charge in [-0.25, -0.2) is 14.5 Å². The molecule has 0 radical (unpaired) electrons. The van der Waals surface area contributed by atoms with Crippen LogP contribution in [-0.2, 0) is 6.18 Å². The number of carbonyl (C=O) groups is 1. The molecule has 0 atom stereocenters. The Morgan fingerprint density at radius 1 is 1.06 bits per heavy atom. The van der Waals surface area contributed by atoms with E-state index in [1.165, 1.54) is 43.0 Å². The summed E-state index contributed by atoms with van der Waals surface area (Å²) in [6.07, 6.45) is -4.62. The lowest BCUT2D eigenvalue weighted by atomic mass is 10.0. The van der Waals surface area contributed by atoms with Gasteiger partial charge in [-0.15, -0.1) is 0 Å². The van der Waals surface area contributed by atoms with Crippen molar-refractivity contribution in [3.05, 3.63) is 71.4 Å². The number of rotatable bonds is 4. The van der Waals surface area contributed by atoms with Crippen LogP contribution in [0.5, 0.6) is 5.75 Å². The van der Waals surface area contributed by atoms with Crippen LogP contribution in [0.15, 0.2) is 54.6 Å². The van der Waals surface area contributed by atoms with Crippen molar-refractivity contribution in [2.75, 3.05) is 7.11 Å². The Kier molecular flexibility index (Phi) is 4.88. The third-order valence-corrected chi connectivity index (χ3v) is 4.86. The Morgan fingerprint density at radius 3 is 2.26 bits per heavy atom. The number of aromatic carboxylic acids is 1. The maximum atomic E-state index is 13.9. The number of carboxylic acids is 1. The molecule has 4 rings (SSSR count). The van der Waals surface area contributed by atoms with E-state index in [1.54, 1.807) is 24.3 Å². The van der Waals surface area contributed by atoms with Gasteiger partial charge in [0.05, 0.1) is 40.7 Å². The molecule has 1 N–H and O–H groups in total. The molecule has 0 amide bonds. The van der Waals surface area contributed by atoms with E-state index >= 15 is 0 Å². The molecule has 6 nitrogen and oxygen atoms in total. The second-order valence-corrected chi connectivity index (χ2v) is 6.83. The van der Waals surface area contributed by atoms with Crippen LogP contribution in [0, 0.1) is 6.92 Å². The predicted molar refractivity (Wildman–Crippen MR) is 108 cm³/mol. The Bertz CT molecular complexity index is 1280. The molecule has 0 aliphatic rings. The van der Waals surface area contributed by atoms with Crippen LogP contribution in [-0.4, -0.2) is 33.0 Å². The Morgan fingerprint density at radius 2 is 1.71 bits per heavy atom. The number of hydrogen-bond acceptors (Lipinski definition) is 4. The highest BCUT2D eigenvalue weighted by molar-refractivity contribution is 5.89. The monoisotopic (exact) mass is 427 g/mol. The zero-order valence-electron chi connectivity index (χ0n) is 16.4. The Hall–Kier alpha value is -3.88. The number of hydrogen-bond donors (Lipinski definition) is 1. The topological polar surface area (TPSA) is 77.2 Å². The van der Waals surface area contributed by atoms with Crippen molar-refractivity contribution in [2.24, 2.45) is 0 Å². The lowest BCUT2D eigenvalue weighted by molar-refractivity contribution is -0.136. The second kappa shape index (κ2) is 7.42. The van der Waals surface area contributed by atoms with Gasteiger partial charge in [-0.2, -0.15) is 18.3 Å². The molecule has 0 aliphatic heterocycles. The smallest absolute Gasteiger partial charge is 0.417 e. The molecule has 0 spiro atoms. The summed E-state index contributed by atoms with van der Waals surface area (Å²) in [5.74, 6) is -0.535. The molecule has 2 aromatic carbocycles. The van der Waals surface area contributed by atoms with E-state index in [1.807, 2.05) is 0 Å². The lowest BCUT2D eigenvalue weighted by Gasteiger charge is -2.12. The van der Waals surface area contributed by atoms with Crippen LogP contribution in [0.2, 0.25) is 0 Å². The lowest BCUT2D eigenvalue weighted by Crippen LogP contribution is -2.08. The third kappa shape index (κ3) is 3.70. The number of fused-ring (bicyclic) bond motifs is 1. The quantitative estimate of drug-likeness (QED) is 0.489. The standard InChI is InChI=1S/C22H16F3N3O3/c1-12-19-17(22(23,24)25)11-18(13-5-9-16(31-2)10-6-13)26-20(19)28(27-12)15-7-3-14(4-8-15)21(29)30/h3-11H,1-2H3,(H,29,30). The first-order valence-corrected chi connectivity index (χ1v) is 9.15. The average Bonchev–Trinajstić information content (AvgIpc) is 3.09. The minimum Gasteiger partial charge on any atom is -0.497 e. The van der Waals surface area contributed by atoms with E-state index in [9.17, 15) is 18.0 Å². The van der Waals surface area contributed by atoms with Gasteiger partial charge in [-0.3, -0.25) is 0 Å². The molecule has 2 heterocycles. The fourth-order valence-electron chi connectivity index (χ4n) is 3.35. The van der Waals surface area contributed by atoms with Crippen LogP contribution in [0.1, 0.15) is 21.6 Å². The van der Waals surface area contributed by atoms with E-state index in [4.69, 9.17) is 9.84 Å². The number of aryl methyl sites for hydroxylation is 1. The highest BCUT2D eigenvalue weighted by Gasteiger charge is 2.35. The maximum absolute atomic E-state index is 13.9. The summed E-state index contributed by atoms with van der Waals surface area (Å²) in [7, 11) is 1.50. The number of aromatic nitrogens is 3. The molecule has 9 heteroatoms. The summed E-state index contributed by atoms with van der Waals surface area (Å²) in [6, 6.07) is 13.2. The molecule has 2 aromatic heterocycles. The number of methoxy groups -OCH3 is 1. The van der Waals surface area contributed by atoms with Crippen LogP contribution in [0.3, 0.4) is 0 Å². The minimum absolute atomic E-state index is 0.0289. The summed E-state index contributed by atoms with van der Waals surface area (Å²) < 4.78 is 48.1. The van der Waals surface area contributed by atoms with Crippen LogP contribution < -0.4 is 4.74 Å². The van der Waals surface area contributed by atoms with Crippen molar-refractivity contribution in [2.45, 2.75) is 13.1 Å². The highest BCUT2D eigenvalue weighted by atomic mass is 19.4. The molecule has 0 aliphatic carbocycles. The Labute approximate surface area is 174 Å². The first-order valence-electron chi connectivity index (χ1n) is 9.15. The molecule has 0 fully saturated rings. The van der Waals surface area contributed by atoms with Crippen molar-refractivity contribution in [1.82, 2.24) is 14.8 Å². The summed E-state index contributed by atoms with van der Waals surface area (Å²) in [5, 5.41) is 13.2. The molecule has 0 saturated carbocycles. The van der Waals surface area contributed by atoms with E-state index in [0.29, 0.717) is 17.0 Å². The molecule has 0 saturated heterocycles. The van der Waals surface area contributed by atoms with Crippen molar-refractivity contribution < 1.29 is 27.8 Å². The zero-order chi connectivity index (χ0) is 22.3. The van der Waals surface area contributed by atoms with Gasteiger partial charge in [0, 0.05) is 5.56 Å². The first kappa shape index (κ1) is 20.4. The van der Waals surface area contributed by atoms with Gasteiger partial charge in [0.15, 0.2) is 5.65 Å². The number of pyridine rings is 1. The van der Waals surface area contributed by atoms with Gasteiger partial charge in [0.25, 0.3) is 0 Å². The fraction of sp³-hybridized carbons (Fsp3) is 0.136. The predicted octanol–water partition coefficient (Wildman–Crippen LogP) is 5.12. The number of nitrogens with zero attached hydrogens (tertiary/aromatic N) is 3. The first-order chi connectivity index (χ1) is 14.7. The van der Waals surface area contributed by atoms with Crippen molar-refractivity contribution in [1.29, 1.82) is 0 Å². The van der Waals surface area contributed by atoms with E-state index in [-0.39, 0.29) is 28.0 Å². The summed E-state index contributed by atoms with van der Waals surface area (Å²) >= 11 is 0. The molecule has 4 aromatic rings. The Balaban J connectivity index is 1.97. The normalized spacial score (nSPS) is 11.6. The summed E-state index contributed by atoms with van der Waals surface area (Å²) in [6.45, 7) is 1.48. The molecule has 0 unspecified atom stereocenters. The third-order valence-electron chi connectivity index (χ3n) is 4.86. The van der Waals surface area contributed by atoms with Crippen molar-refractivity contribution >= 4 is 17.0 Å². The highest BCUT2D eigenvalue weighted by Crippen LogP contribution is 2.38. The van der Waals surface area contributed by atoms with Gasteiger partial charge in [-0.1, -0.05) is 0 Å². The van der Waals surface area contributed by atoms with Crippen LogP contribution in [0.25, 0.3) is 28.0 Å². The molecule has 31 heavy (non-hydrogen) atoms. The molecular weight excluding hydrogens is 411 g/mol. The maximum Gasteiger partial charge on any atom is 0.417 e. The van der Waals surface area contributed by atoms with E-state index < -0.39 is 17.7 Å². The van der Waals surface area contributed by atoms with Gasteiger partial charge in [0.2, 0.25) is 0 Å². The molecule has 158 valence electrons. The average molecular weight is 427 g/mol. The largest absolute Gasteiger partial charge is 0.497 e. The van der Waals surface area contributed by atoms with Crippen molar-refractivity contribution in [3.8, 4) is 22.7 Å². The van der Waals surface area contributed by atoms with Crippen LogP contribution >= 0.6 is 0 Å². The number of carboxylic acid groups (broad SMARTS) is 1. The SMILES string of the molecule is COc1ccc(-c2cc(C(F)(F)F)c3c(C)nn(-c4ccc(C(=O)O)cc4)c3n2)cc1. The number of alkyl halides is 3. The zero-order valence-corrected chi connectivity index (χ0v) is 16.4. The van der Waals surface area contributed by atoms with Gasteiger partial charge in [-0.05, 0) is 61.5 Å². The minimum atomic E-state index is -4.62. The van der Waals surface area contributed by atoms with Gasteiger partial charge < -0.3 is 9.84 Å². The number of halogens is 3. The van der Waals surface area contributed by atoms with Gasteiger partial charge in [0.1, 0.15) is 5.75 Å². The second-order valence-electron chi connectivity index (χ2n) is 6.83. The number of ether oxygens (including phenoxy) is 1. The van der Waals surface area contributed by atoms with E-state index in [0.717, 1.165) is 6.07 Å². The molecule has 0 bridgehead atoms. The summed E-state index contributed by atoms with van der Waals surface area (Å²) in [5.41, 5.74) is 0.426. The summed E-state index contributed by atoms with van der Waals surface area (Å²) in [4.78, 5) is 15.6. The fourth-order valence-corrected chi connectivity index (χ4v) is 3.35. The van der Waals surface area contributed by atoms with Crippen molar-refractivity contribution in [3.63, 3.8) is 0 Å². The number of benzene rings is 2.